The van der Waals surface area contributed by atoms with E-state index in [1.165, 1.54) is 23.9 Å². The van der Waals surface area contributed by atoms with Gasteiger partial charge in [0.1, 0.15) is 0 Å². The summed E-state index contributed by atoms with van der Waals surface area (Å²) >= 11 is 0. The van der Waals surface area contributed by atoms with E-state index in [1.807, 2.05) is 17.0 Å². The van der Waals surface area contributed by atoms with Crippen molar-refractivity contribution in [1.29, 1.82) is 0 Å². The first-order valence-corrected chi connectivity index (χ1v) is 9.94. The van der Waals surface area contributed by atoms with Crippen molar-refractivity contribution in [2.45, 2.75) is 25.8 Å². The SMILES string of the molecule is COC(=O)C1CCN(C(=O)c2ccc(CN3CCc4ccccc43)cc2)CC1. The van der Waals surface area contributed by atoms with Crippen molar-refractivity contribution < 1.29 is 14.3 Å². The summed E-state index contributed by atoms with van der Waals surface area (Å²) in [5, 5.41) is 0. The number of anilines is 1. The standard InChI is InChI=1S/C23H26N2O3/c1-28-23(27)20-11-13-24(14-12-20)22(26)19-8-6-17(7-9-19)16-25-15-10-18-4-2-3-5-21(18)25/h2-9,20H,10-16H2,1H3. The molecule has 146 valence electrons. The maximum atomic E-state index is 12.8. The fourth-order valence-corrected chi connectivity index (χ4v) is 4.21. The molecule has 0 unspecified atom stereocenters. The molecule has 4 rings (SSSR count). The molecule has 0 bridgehead atoms. The molecule has 5 nitrogen and oxygen atoms in total. The van der Waals surface area contributed by atoms with Gasteiger partial charge in [0.15, 0.2) is 0 Å². The quantitative estimate of drug-likeness (QED) is 0.766. The van der Waals surface area contributed by atoms with Crippen LogP contribution in [-0.2, 0) is 22.5 Å². The first kappa shape index (κ1) is 18.5. The Hall–Kier alpha value is -2.82. The lowest BCUT2D eigenvalue weighted by molar-refractivity contribution is -0.146. The van der Waals surface area contributed by atoms with E-state index >= 15 is 0 Å². The van der Waals surface area contributed by atoms with Crippen LogP contribution in [0.2, 0.25) is 0 Å². The molecule has 0 aromatic heterocycles. The molecule has 2 aliphatic rings. The average molecular weight is 378 g/mol. The predicted octanol–water partition coefficient (Wildman–Crippen LogP) is 3.27. The van der Waals surface area contributed by atoms with E-state index in [0.29, 0.717) is 31.5 Å². The van der Waals surface area contributed by atoms with E-state index in [0.717, 1.165) is 19.5 Å². The van der Waals surface area contributed by atoms with Crippen LogP contribution in [0.1, 0.15) is 34.3 Å². The molecule has 0 N–H and O–H groups in total. The Morgan fingerprint density at radius 1 is 1.00 bits per heavy atom. The van der Waals surface area contributed by atoms with Crippen molar-refractivity contribution in [1.82, 2.24) is 4.90 Å². The maximum absolute atomic E-state index is 12.8. The fourth-order valence-electron chi connectivity index (χ4n) is 4.21. The van der Waals surface area contributed by atoms with Gasteiger partial charge in [-0.05, 0) is 48.6 Å². The van der Waals surface area contributed by atoms with E-state index in [2.05, 4.69) is 41.3 Å². The Kier molecular flexibility index (Phi) is 5.33. The van der Waals surface area contributed by atoms with E-state index in [9.17, 15) is 9.59 Å². The summed E-state index contributed by atoms with van der Waals surface area (Å²) in [7, 11) is 1.42. The molecule has 1 saturated heterocycles. The highest BCUT2D eigenvalue weighted by atomic mass is 16.5. The summed E-state index contributed by atoms with van der Waals surface area (Å²) in [6, 6.07) is 16.5. The number of ether oxygens (including phenoxy) is 1. The van der Waals surface area contributed by atoms with Gasteiger partial charge in [-0.3, -0.25) is 9.59 Å². The lowest BCUT2D eigenvalue weighted by Crippen LogP contribution is -2.40. The number of carbonyl (C=O) groups is 2. The van der Waals surface area contributed by atoms with Crippen LogP contribution in [0.15, 0.2) is 48.5 Å². The fraction of sp³-hybridized carbons (Fsp3) is 0.391. The second kappa shape index (κ2) is 8.05. The number of rotatable bonds is 4. The molecule has 1 fully saturated rings. The van der Waals surface area contributed by atoms with Gasteiger partial charge in [-0.15, -0.1) is 0 Å². The average Bonchev–Trinajstić information content (AvgIpc) is 3.16. The summed E-state index contributed by atoms with van der Waals surface area (Å²) in [5.41, 5.74) is 4.64. The number of carbonyl (C=O) groups excluding carboxylic acids is 2. The van der Waals surface area contributed by atoms with Crippen molar-refractivity contribution in [3.05, 3.63) is 65.2 Å². The Balaban J connectivity index is 1.36. The van der Waals surface area contributed by atoms with Crippen LogP contribution in [0.4, 0.5) is 5.69 Å². The minimum absolute atomic E-state index is 0.0429. The molecule has 5 heteroatoms. The number of hydrogen-bond donors (Lipinski definition) is 0. The van der Waals surface area contributed by atoms with Crippen LogP contribution in [0.5, 0.6) is 0 Å². The topological polar surface area (TPSA) is 49.9 Å². The second-order valence-electron chi connectivity index (χ2n) is 7.59. The largest absolute Gasteiger partial charge is 0.469 e. The molecule has 0 radical (unpaired) electrons. The van der Waals surface area contributed by atoms with Crippen LogP contribution in [-0.4, -0.2) is 43.5 Å². The molecule has 0 aliphatic carbocycles. The summed E-state index contributed by atoms with van der Waals surface area (Å²) in [4.78, 5) is 28.6. The number of piperidine rings is 1. The van der Waals surface area contributed by atoms with Crippen molar-refractivity contribution >= 4 is 17.6 Å². The molecule has 1 amide bonds. The van der Waals surface area contributed by atoms with Crippen molar-refractivity contribution in [3.8, 4) is 0 Å². The zero-order valence-electron chi connectivity index (χ0n) is 16.3. The van der Waals surface area contributed by atoms with Gasteiger partial charge >= 0.3 is 5.97 Å². The molecule has 2 aromatic rings. The zero-order chi connectivity index (χ0) is 19.5. The Bertz CT molecular complexity index is 854. The zero-order valence-corrected chi connectivity index (χ0v) is 16.3. The van der Waals surface area contributed by atoms with E-state index in [-0.39, 0.29) is 17.8 Å². The number of para-hydroxylation sites is 1. The molecular weight excluding hydrogens is 352 g/mol. The van der Waals surface area contributed by atoms with Gasteiger partial charge in [-0.1, -0.05) is 30.3 Å². The summed E-state index contributed by atoms with van der Waals surface area (Å²) < 4.78 is 4.81. The molecule has 0 spiro atoms. The van der Waals surface area contributed by atoms with Crippen LogP contribution in [0, 0.1) is 5.92 Å². The van der Waals surface area contributed by atoms with Gasteiger partial charge < -0.3 is 14.5 Å². The van der Waals surface area contributed by atoms with Gasteiger partial charge in [-0.25, -0.2) is 0 Å². The number of hydrogen-bond acceptors (Lipinski definition) is 4. The maximum Gasteiger partial charge on any atom is 0.308 e. The summed E-state index contributed by atoms with van der Waals surface area (Å²) in [6.45, 7) is 3.10. The Morgan fingerprint density at radius 3 is 2.43 bits per heavy atom. The monoisotopic (exact) mass is 378 g/mol. The molecule has 28 heavy (non-hydrogen) atoms. The van der Waals surface area contributed by atoms with Gasteiger partial charge in [0.2, 0.25) is 0 Å². The van der Waals surface area contributed by atoms with Crippen LogP contribution < -0.4 is 4.90 Å². The lowest BCUT2D eigenvalue weighted by atomic mass is 9.96. The Morgan fingerprint density at radius 2 is 1.71 bits per heavy atom. The normalized spacial score (nSPS) is 16.8. The van der Waals surface area contributed by atoms with Crippen LogP contribution in [0.3, 0.4) is 0 Å². The van der Waals surface area contributed by atoms with Gasteiger partial charge in [-0.2, -0.15) is 0 Å². The number of fused-ring (bicyclic) bond motifs is 1. The van der Waals surface area contributed by atoms with E-state index < -0.39 is 0 Å². The van der Waals surface area contributed by atoms with Crippen molar-refractivity contribution in [2.75, 3.05) is 31.6 Å². The number of esters is 1. The number of amides is 1. The highest BCUT2D eigenvalue weighted by Crippen LogP contribution is 2.29. The second-order valence-corrected chi connectivity index (χ2v) is 7.59. The summed E-state index contributed by atoms with van der Waals surface area (Å²) in [5.74, 6) is -0.207. The Labute approximate surface area is 165 Å². The van der Waals surface area contributed by atoms with Crippen molar-refractivity contribution in [3.63, 3.8) is 0 Å². The molecular formula is C23H26N2O3. The van der Waals surface area contributed by atoms with Gasteiger partial charge in [0, 0.05) is 37.4 Å². The lowest BCUT2D eigenvalue weighted by Gasteiger charge is -2.30. The molecule has 2 aliphatic heterocycles. The molecule has 2 aromatic carbocycles. The predicted molar refractivity (Wildman–Crippen MR) is 108 cm³/mol. The number of nitrogens with zero attached hydrogens (tertiary/aromatic N) is 2. The van der Waals surface area contributed by atoms with Crippen molar-refractivity contribution in [2.24, 2.45) is 5.92 Å². The van der Waals surface area contributed by atoms with Gasteiger partial charge in [0.05, 0.1) is 13.0 Å². The van der Waals surface area contributed by atoms with E-state index in [4.69, 9.17) is 4.74 Å². The van der Waals surface area contributed by atoms with E-state index in [1.54, 1.807) is 0 Å². The third-order valence-electron chi connectivity index (χ3n) is 5.87. The first-order chi connectivity index (χ1) is 13.7. The van der Waals surface area contributed by atoms with Crippen LogP contribution in [0.25, 0.3) is 0 Å². The highest BCUT2D eigenvalue weighted by Gasteiger charge is 2.28. The first-order valence-electron chi connectivity index (χ1n) is 9.94. The minimum Gasteiger partial charge on any atom is -0.469 e. The number of methoxy groups -OCH3 is 1. The third-order valence-corrected chi connectivity index (χ3v) is 5.87. The molecule has 2 heterocycles. The number of benzene rings is 2. The molecule has 0 saturated carbocycles. The number of likely N-dealkylation sites (tertiary alicyclic amines) is 1. The smallest absolute Gasteiger partial charge is 0.308 e. The third kappa shape index (κ3) is 3.75. The summed E-state index contributed by atoms with van der Waals surface area (Å²) in [6.07, 6.45) is 2.43. The van der Waals surface area contributed by atoms with Gasteiger partial charge in [0.25, 0.3) is 5.91 Å². The van der Waals surface area contributed by atoms with Crippen LogP contribution >= 0.6 is 0 Å². The molecule has 0 atom stereocenters. The highest BCUT2D eigenvalue weighted by molar-refractivity contribution is 5.94. The minimum atomic E-state index is -0.167.